The van der Waals surface area contributed by atoms with Crippen LogP contribution in [0.15, 0.2) is 17.0 Å². The molecule has 17 heteroatoms. The summed E-state index contributed by atoms with van der Waals surface area (Å²) in [5.74, 6) is -1.16. The Bertz CT molecular complexity index is 1530. The van der Waals surface area contributed by atoms with Crippen LogP contribution in [0.2, 0.25) is 10.0 Å². The first-order chi connectivity index (χ1) is 19.0. The summed E-state index contributed by atoms with van der Waals surface area (Å²) in [6.45, 7) is 2.80. The first-order valence-corrected chi connectivity index (χ1v) is 15.2. The third-order valence-corrected chi connectivity index (χ3v) is 10.4. The Kier molecular flexibility index (Phi) is 8.65. The molecule has 2 aliphatic rings. The molecule has 2 aliphatic heterocycles. The summed E-state index contributed by atoms with van der Waals surface area (Å²) in [4.78, 5) is 33.0. The smallest absolute Gasteiger partial charge is 0.337 e. The minimum absolute atomic E-state index is 0.0187. The number of nitriles is 1. The lowest BCUT2D eigenvalue weighted by atomic mass is 9.84. The number of alkyl halides is 4. The fraction of sp³-hybridized carbons (Fsp3) is 0.500. The summed E-state index contributed by atoms with van der Waals surface area (Å²) in [7, 11) is -4.77. The summed E-state index contributed by atoms with van der Waals surface area (Å²) >= 11 is 13.4. The number of aromatic nitrogens is 1. The molecule has 222 valence electrons. The highest BCUT2D eigenvalue weighted by atomic mass is 35.5. The molecule has 0 unspecified atom stereocenters. The molecule has 1 aromatic carbocycles. The molecule has 0 bridgehead atoms. The highest BCUT2D eigenvalue weighted by Crippen LogP contribution is 2.43. The van der Waals surface area contributed by atoms with Gasteiger partial charge in [0.15, 0.2) is 5.01 Å². The number of nitrogens with one attached hydrogen (secondary N) is 1. The number of carbonyl (C=O) groups excluding carboxylic acids is 2. The van der Waals surface area contributed by atoms with Crippen LogP contribution in [-0.2, 0) is 10.0 Å². The molecule has 0 radical (unpaired) electrons. The van der Waals surface area contributed by atoms with Gasteiger partial charge >= 0.3 is 6.18 Å². The molecule has 1 aromatic heterocycles. The molecular weight excluding hydrogens is 633 g/mol. The van der Waals surface area contributed by atoms with Gasteiger partial charge in [-0.1, -0.05) is 29.3 Å². The molecule has 2 aromatic rings. The highest BCUT2D eigenvalue weighted by Gasteiger charge is 2.43. The second-order valence-electron chi connectivity index (χ2n) is 10.1. The normalized spacial score (nSPS) is 18.5. The summed E-state index contributed by atoms with van der Waals surface area (Å²) in [5.41, 5.74) is -0.900. The van der Waals surface area contributed by atoms with Gasteiger partial charge in [0.1, 0.15) is 22.8 Å². The zero-order valence-corrected chi connectivity index (χ0v) is 24.7. The van der Waals surface area contributed by atoms with E-state index in [1.54, 1.807) is 6.92 Å². The maximum atomic E-state index is 13.7. The number of hydrogen-bond acceptors (Lipinski definition) is 7. The van der Waals surface area contributed by atoms with E-state index in [1.807, 2.05) is 0 Å². The Balaban J connectivity index is 1.74. The maximum Gasteiger partial charge on any atom is 0.404 e. The van der Waals surface area contributed by atoms with Crippen LogP contribution in [-0.4, -0.2) is 79.6 Å². The fourth-order valence-corrected chi connectivity index (χ4v) is 7.57. The molecule has 2 saturated heterocycles. The van der Waals surface area contributed by atoms with Gasteiger partial charge in [-0.05, 0) is 32.8 Å². The molecule has 2 fully saturated rings. The molecule has 0 aliphatic carbocycles. The zero-order chi connectivity index (χ0) is 30.5. The van der Waals surface area contributed by atoms with Crippen molar-refractivity contribution in [2.45, 2.75) is 50.0 Å². The third kappa shape index (κ3) is 6.31. The van der Waals surface area contributed by atoms with Crippen molar-refractivity contribution >= 4 is 56.4 Å². The Hall–Kier alpha value is -2.51. The van der Waals surface area contributed by atoms with Crippen LogP contribution < -0.4 is 4.72 Å². The fourth-order valence-electron chi connectivity index (χ4n) is 4.36. The van der Waals surface area contributed by atoms with Crippen LogP contribution in [0.25, 0.3) is 10.4 Å². The van der Waals surface area contributed by atoms with Crippen LogP contribution in [0.3, 0.4) is 0 Å². The molecule has 0 saturated carbocycles. The van der Waals surface area contributed by atoms with Crippen molar-refractivity contribution in [3.63, 3.8) is 0 Å². The second kappa shape index (κ2) is 11.3. The van der Waals surface area contributed by atoms with Crippen molar-refractivity contribution in [1.82, 2.24) is 19.5 Å². The van der Waals surface area contributed by atoms with E-state index in [9.17, 15) is 40.8 Å². The molecule has 2 amide bonds. The number of piperidine rings is 1. The summed E-state index contributed by atoms with van der Waals surface area (Å²) in [6, 6.07) is 1.80. The van der Waals surface area contributed by atoms with E-state index in [0.717, 1.165) is 23.5 Å². The van der Waals surface area contributed by atoms with E-state index >= 15 is 0 Å². The Morgan fingerprint density at radius 1 is 1.17 bits per heavy atom. The van der Waals surface area contributed by atoms with Crippen molar-refractivity contribution < 1.29 is 35.6 Å². The van der Waals surface area contributed by atoms with Gasteiger partial charge in [0.05, 0.1) is 26.4 Å². The van der Waals surface area contributed by atoms with Gasteiger partial charge < -0.3 is 9.80 Å². The number of benzene rings is 1. The van der Waals surface area contributed by atoms with Crippen LogP contribution in [0, 0.1) is 16.7 Å². The second-order valence-corrected chi connectivity index (χ2v) is 13.6. The van der Waals surface area contributed by atoms with Gasteiger partial charge in [-0.25, -0.2) is 17.8 Å². The van der Waals surface area contributed by atoms with E-state index in [0.29, 0.717) is 6.92 Å². The van der Waals surface area contributed by atoms with Crippen molar-refractivity contribution in [3.05, 3.63) is 32.9 Å². The average molecular weight is 657 g/mol. The van der Waals surface area contributed by atoms with E-state index in [4.69, 9.17) is 23.2 Å². The molecule has 41 heavy (non-hydrogen) atoms. The first kappa shape index (κ1) is 31.4. The van der Waals surface area contributed by atoms with E-state index in [-0.39, 0.29) is 60.2 Å². The zero-order valence-electron chi connectivity index (χ0n) is 21.6. The number of halogens is 6. The molecule has 1 N–H and O–H groups in total. The molecule has 0 spiro atoms. The monoisotopic (exact) mass is 655 g/mol. The van der Waals surface area contributed by atoms with Crippen molar-refractivity contribution in [2.75, 3.05) is 26.2 Å². The largest absolute Gasteiger partial charge is 0.404 e. The number of rotatable bonds is 6. The summed E-state index contributed by atoms with van der Waals surface area (Å²) in [6.07, 6.45) is -5.70. The van der Waals surface area contributed by atoms with Crippen molar-refractivity contribution in [3.8, 4) is 16.5 Å². The first-order valence-electron chi connectivity index (χ1n) is 12.2. The number of sulfonamides is 1. The Labute approximate surface area is 247 Å². The molecule has 3 heterocycles. The molecule has 1 atom stereocenters. The standard InChI is InChI=1S/C24H23Cl2F4N5O4S2/c1-12(24(28,29)30)33-41(38,39)15-4-3-14(16(25)17(15)26)19-18(21(36)34-7-5-13(27)6-8-34)32-20(40-19)22(37)35-10-23(2,9-31)11-35/h3-4,12-13,33H,5-8,10-11H2,1-2H3/t12-/m0/s1. The number of hydrogen-bond donors (Lipinski definition) is 1. The number of carbonyl (C=O) groups is 2. The SMILES string of the molecule is C[C@H](NS(=O)(=O)c1ccc(-c2sc(C(=O)N3CC(C)(C#N)C3)nc2C(=O)N2CCC(F)CC2)c(Cl)c1Cl)C(F)(F)F. The predicted molar refractivity (Wildman–Crippen MR) is 143 cm³/mol. The van der Waals surface area contributed by atoms with Gasteiger partial charge in [0.2, 0.25) is 10.0 Å². The van der Waals surface area contributed by atoms with Gasteiger partial charge in [0.25, 0.3) is 11.8 Å². The van der Waals surface area contributed by atoms with E-state index < -0.39 is 60.6 Å². The lowest BCUT2D eigenvalue weighted by molar-refractivity contribution is -0.147. The molecule has 4 rings (SSSR count). The molecular formula is C24H23Cl2F4N5O4S2. The lowest BCUT2D eigenvalue weighted by Gasteiger charge is -2.42. The summed E-state index contributed by atoms with van der Waals surface area (Å²) in [5, 5.41) is 8.17. The number of likely N-dealkylation sites (tertiary alicyclic amines) is 2. The van der Waals surface area contributed by atoms with Gasteiger partial charge in [-0.15, -0.1) is 11.3 Å². The van der Waals surface area contributed by atoms with Crippen LogP contribution in [0.1, 0.15) is 47.0 Å². The number of thiazole rings is 1. The number of amides is 2. The minimum atomic E-state index is -4.86. The Morgan fingerprint density at radius 2 is 1.78 bits per heavy atom. The predicted octanol–water partition coefficient (Wildman–Crippen LogP) is 4.91. The lowest BCUT2D eigenvalue weighted by Crippen LogP contribution is -2.56. The van der Waals surface area contributed by atoms with Gasteiger partial charge in [-0.2, -0.15) is 23.2 Å². The Morgan fingerprint density at radius 3 is 2.34 bits per heavy atom. The van der Waals surface area contributed by atoms with Gasteiger partial charge in [-0.3, -0.25) is 9.59 Å². The topological polar surface area (TPSA) is 123 Å². The van der Waals surface area contributed by atoms with E-state index in [2.05, 4.69) is 11.1 Å². The minimum Gasteiger partial charge on any atom is -0.337 e. The van der Waals surface area contributed by atoms with Crippen molar-refractivity contribution in [1.29, 1.82) is 5.26 Å². The average Bonchev–Trinajstić information content (AvgIpc) is 3.32. The highest BCUT2D eigenvalue weighted by molar-refractivity contribution is 7.89. The van der Waals surface area contributed by atoms with Crippen LogP contribution in [0.5, 0.6) is 0 Å². The van der Waals surface area contributed by atoms with Crippen LogP contribution >= 0.6 is 34.5 Å². The number of nitrogens with zero attached hydrogens (tertiary/aromatic N) is 4. The summed E-state index contributed by atoms with van der Waals surface area (Å²) < 4.78 is 79.5. The quantitative estimate of drug-likeness (QED) is 0.442. The van der Waals surface area contributed by atoms with E-state index in [1.165, 1.54) is 14.5 Å². The van der Waals surface area contributed by atoms with Crippen molar-refractivity contribution in [2.24, 2.45) is 5.41 Å². The third-order valence-electron chi connectivity index (χ3n) is 6.77. The molecule has 9 nitrogen and oxygen atoms in total. The maximum absolute atomic E-state index is 13.7. The van der Waals surface area contributed by atoms with Gasteiger partial charge in [0, 0.05) is 31.7 Å². The van der Waals surface area contributed by atoms with Crippen LogP contribution in [0.4, 0.5) is 17.6 Å².